The molecule has 0 saturated heterocycles. The molecule has 0 saturated carbocycles. The molecule has 0 N–H and O–H groups in total. The molecule has 0 aliphatic heterocycles. The van der Waals surface area contributed by atoms with Crippen molar-refractivity contribution in [3.63, 3.8) is 0 Å². The van der Waals surface area contributed by atoms with Crippen LogP contribution < -0.4 is 21.1 Å². The van der Waals surface area contributed by atoms with Crippen molar-refractivity contribution in [2.24, 2.45) is 0 Å². The summed E-state index contributed by atoms with van der Waals surface area (Å²) in [6, 6.07) is 4.91. The Bertz CT molecular complexity index is 225. The van der Waals surface area contributed by atoms with E-state index >= 15 is 0 Å². The number of rotatable bonds is 0. The summed E-state index contributed by atoms with van der Waals surface area (Å²) in [7, 11) is 0. The minimum absolute atomic E-state index is 0. The first kappa shape index (κ1) is 10.3. The molecule has 0 radical (unpaired) electrons. The Kier molecular flexibility index (Phi) is 4.30. The molecule has 0 aliphatic carbocycles. The summed E-state index contributed by atoms with van der Waals surface area (Å²) in [5.74, 6) is -0.135. The Morgan fingerprint density at radius 2 is 2.00 bits per heavy atom. The normalized spacial score (nSPS) is 8.80. The van der Waals surface area contributed by atoms with Gasteiger partial charge in [-0.3, -0.25) is 0 Å². The largest absolute Gasteiger partial charge is 1.00 e. The van der Waals surface area contributed by atoms with Crippen LogP contribution in [0.15, 0.2) is 18.2 Å². The molecule has 0 aliphatic rings. The van der Waals surface area contributed by atoms with E-state index in [4.69, 9.17) is 0 Å². The average molecular weight is 254 g/mol. The van der Waals surface area contributed by atoms with E-state index < -0.39 is 0 Å². The van der Waals surface area contributed by atoms with Crippen LogP contribution in [0, 0.1) is 12.7 Å². The molecule has 0 atom stereocenters. The van der Waals surface area contributed by atoms with Gasteiger partial charge in [-0.15, -0.1) is 0 Å². The molecule has 0 heterocycles. The van der Waals surface area contributed by atoms with Gasteiger partial charge in [-0.25, -0.2) is 0 Å². The summed E-state index contributed by atoms with van der Waals surface area (Å²) >= 11 is 1.10. The SMILES string of the molecule is Cc1cc(F)cc[c]1[Zn+].[Br-]. The Morgan fingerprint density at radius 3 is 2.40 bits per heavy atom. The average Bonchev–Trinajstić information content (AvgIpc) is 1.80. The quantitative estimate of drug-likeness (QED) is 0.485. The molecule has 50 valence electrons. The van der Waals surface area contributed by atoms with E-state index in [2.05, 4.69) is 0 Å². The third kappa shape index (κ3) is 2.47. The molecule has 0 bridgehead atoms. The van der Waals surface area contributed by atoms with Crippen LogP contribution in [0.4, 0.5) is 4.39 Å². The Labute approximate surface area is 80.3 Å². The van der Waals surface area contributed by atoms with E-state index in [1.165, 1.54) is 10.2 Å². The first-order chi connectivity index (χ1) is 4.20. The number of hydrogen-bond acceptors (Lipinski definition) is 0. The van der Waals surface area contributed by atoms with Crippen LogP contribution >= 0.6 is 0 Å². The van der Waals surface area contributed by atoms with Gasteiger partial charge in [0.1, 0.15) is 0 Å². The summed E-state index contributed by atoms with van der Waals surface area (Å²) in [5.41, 5.74) is 1.06. The Hall–Kier alpha value is 0.253. The van der Waals surface area contributed by atoms with Gasteiger partial charge >= 0.3 is 63.4 Å². The molecule has 0 unspecified atom stereocenters. The zero-order chi connectivity index (χ0) is 6.85. The van der Waals surface area contributed by atoms with Gasteiger partial charge in [-0.05, 0) is 0 Å². The van der Waals surface area contributed by atoms with Crippen molar-refractivity contribution in [1.29, 1.82) is 0 Å². The van der Waals surface area contributed by atoms with E-state index in [0.717, 1.165) is 23.9 Å². The summed E-state index contributed by atoms with van der Waals surface area (Å²) < 4.78 is 13.6. The van der Waals surface area contributed by atoms with Crippen molar-refractivity contribution < 1.29 is 39.7 Å². The molecule has 0 nitrogen and oxygen atoms in total. The molecule has 1 aromatic rings. The smallest absolute Gasteiger partial charge is 1.00 e. The fourth-order valence-electron chi connectivity index (χ4n) is 0.659. The molecule has 10 heavy (non-hydrogen) atoms. The fourth-order valence-corrected chi connectivity index (χ4v) is 1.12. The minimum atomic E-state index is -0.135. The third-order valence-corrected chi connectivity index (χ3v) is 2.97. The first-order valence-electron chi connectivity index (χ1n) is 2.78. The number of aryl methyl sites for hydroxylation is 1. The zero-order valence-electron chi connectivity index (χ0n) is 5.70. The topological polar surface area (TPSA) is 0 Å². The van der Waals surface area contributed by atoms with Gasteiger partial charge in [-0.2, -0.15) is 0 Å². The number of halogens is 2. The van der Waals surface area contributed by atoms with Gasteiger partial charge < -0.3 is 17.0 Å². The Balaban J connectivity index is 0.000000810. The maximum absolute atomic E-state index is 12.4. The van der Waals surface area contributed by atoms with Crippen molar-refractivity contribution in [3.8, 4) is 0 Å². The summed E-state index contributed by atoms with van der Waals surface area (Å²) in [6.07, 6.45) is 0. The van der Waals surface area contributed by atoms with Gasteiger partial charge in [0.25, 0.3) is 0 Å². The summed E-state index contributed by atoms with van der Waals surface area (Å²) in [5, 5.41) is 0. The van der Waals surface area contributed by atoms with Gasteiger partial charge in [0.15, 0.2) is 0 Å². The van der Waals surface area contributed by atoms with Gasteiger partial charge in [0, 0.05) is 0 Å². The fraction of sp³-hybridized carbons (Fsp3) is 0.143. The summed E-state index contributed by atoms with van der Waals surface area (Å²) in [4.78, 5) is 0. The van der Waals surface area contributed by atoms with Crippen LogP contribution in [0.3, 0.4) is 0 Å². The van der Waals surface area contributed by atoms with Crippen LogP contribution in [0.2, 0.25) is 0 Å². The summed E-state index contributed by atoms with van der Waals surface area (Å²) in [6.45, 7) is 1.93. The van der Waals surface area contributed by atoms with Crippen molar-refractivity contribution in [1.82, 2.24) is 0 Å². The molecule has 1 aromatic carbocycles. The van der Waals surface area contributed by atoms with Crippen LogP contribution in [0.25, 0.3) is 0 Å². The predicted octanol–water partition coefficient (Wildman–Crippen LogP) is -1.69. The molecule has 0 spiro atoms. The standard InChI is InChI=1S/C7H6F.BrH.Zn/c1-6-3-2-4-7(8)5-6;;/h2,4-5H,1H3;1H;/q;;+1/p-1. The molecule has 0 amide bonds. The van der Waals surface area contributed by atoms with Crippen LogP contribution in [-0.2, 0) is 18.3 Å². The molecule has 3 heteroatoms. The second-order valence-corrected chi connectivity index (χ2v) is 3.67. The maximum atomic E-state index is 12.4. The van der Waals surface area contributed by atoms with Crippen molar-refractivity contribution >= 4 is 4.16 Å². The molecule has 1 rings (SSSR count). The van der Waals surface area contributed by atoms with Crippen LogP contribution in [-0.4, -0.2) is 0 Å². The van der Waals surface area contributed by atoms with E-state index in [0.29, 0.717) is 0 Å². The molecular formula is C7H6BrFZn. The van der Waals surface area contributed by atoms with Crippen molar-refractivity contribution in [3.05, 3.63) is 29.6 Å². The molecule has 0 fully saturated rings. The van der Waals surface area contributed by atoms with Crippen molar-refractivity contribution in [2.45, 2.75) is 6.92 Å². The first-order valence-corrected chi connectivity index (χ1v) is 4.26. The van der Waals surface area contributed by atoms with Crippen LogP contribution in [0.1, 0.15) is 5.56 Å². The van der Waals surface area contributed by atoms with E-state index in [1.807, 2.05) is 13.0 Å². The number of hydrogen-bond donors (Lipinski definition) is 0. The van der Waals surface area contributed by atoms with Gasteiger partial charge in [0.05, 0.1) is 0 Å². The zero-order valence-corrected chi connectivity index (χ0v) is 10.2. The predicted molar refractivity (Wildman–Crippen MR) is 30.8 cm³/mol. The Morgan fingerprint density at radius 1 is 1.40 bits per heavy atom. The van der Waals surface area contributed by atoms with Gasteiger partial charge in [0.2, 0.25) is 0 Å². The molecular weight excluding hydrogens is 248 g/mol. The second kappa shape index (κ2) is 4.20. The van der Waals surface area contributed by atoms with E-state index in [9.17, 15) is 4.39 Å². The maximum Gasteiger partial charge on any atom is -1.00 e. The second-order valence-electron chi connectivity index (χ2n) is 2.07. The monoisotopic (exact) mass is 252 g/mol. The van der Waals surface area contributed by atoms with E-state index in [1.54, 1.807) is 6.07 Å². The van der Waals surface area contributed by atoms with Gasteiger partial charge in [-0.1, -0.05) is 0 Å². The van der Waals surface area contributed by atoms with E-state index in [-0.39, 0.29) is 22.8 Å². The number of benzene rings is 1. The molecule has 0 aromatic heterocycles. The third-order valence-electron chi connectivity index (χ3n) is 1.30. The van der Waals surface area contributed by atoms with Crippen LogP contribution in [0.5, 0.6) is 0 Å². The minimum Gasteiger partial charge on any atom is -1.00 e. The van der Waals surface area contributed by atoms with Crippen molar-refractivity contribution in [2.75, 3.05) is 0 Å².